The van der Waals surface area contributed by atoms with Crippen molar-refractivity contribution in [2.75, 3.05) is 25.4 Å². The minimum Gasteiger partial charge on any atom is -0.397 e. The molecule has 0 radical (unpaired) electrons. The van der Waals surface area contributed by atoms with Gasteiger partial charge in [0, 0.05) is 24.8 Å². The molecule has 3 saturated heterocycles. The molecule has 4 rings (SSSR count). The van der Waals surface area contributed by atoms with E-state index in [1.165, 1.54) is 25.9 Å². The molecule has 5 nitrogen and oxygen atoms in total. The third kappa shape index (κ3) is 2.42. The molecule has 1 atom stereocenters. The Bertz CT molecular complexity index is 500. The second kappa shape index (κ2) is 5.13. The van der Waals surface area contributed by atoms with Gasteiger partial charge in [-0.1, -0.05) is 0 Å². The van der Waals surface area contributed by atoms with Crippen LogP contribution in [0, 0.1) is 5.92 Å². The second-order valence-electron chi connectivity index (χ2n) is 6.38. The summed E-state index contributed by atoms with van der Waals surface area (Å²) in [5.74, 6) is 0.651. The third-order valence-corrected chi connectivity index (χ3v) is 4.63. The first-order valence-electron chi connectivity index (χ1n) is 7.55. The third-order valence-electron chi connectivity index (χ3n) is 4.63. The van der Waals surface area contributed by atoms with Gasteiger partial charge >= 0.3 is 0 Å². The van der Waals surface area contributed by atoms with Crippen molar-refractivity contribution in [3.63, 3.8) is 0 Å². The lowest BCUT2D eigenvalue weighted by atomic mass is 9.84. The van der Waals surface area contributed by atoms with Crippen LogP contribution in [0.5, 0.6) is 0 Å². The van der Waals surface area contributed by atoms with E-state index in [2.05, 4.69) is 24.1 Å². The maximum Gasteiger partial charge on any atom is 0.268 e. The molecule has 5 heteroatoms. The maximum absolute atomic E-state index is 12.5. The van der Waals surface area contributed by atoms with Crippen LogP contribution in [0.3, 0.4) is 0 Å². The monoisotopic (exact) mass is 276 g/mol. The van der Waals surface area contributed by atoms with Crippen molar-refractivity contribution in [2.45, 2.75) is 38.8 Å². The summed E-state index contributed by atoms with van der Waals surface area (Å²) in [6.07, 6.45) is 4.26. The normalized spacial score (nSPS) is 28.9. The number of piperidine rings is 3. The first kappa shape index (κ1) is 13.5. The van der Waals surface area contributed by atoms with E-state index in [1.807, 2.05) is 10.8 Å². The van der Waals surface area contributed by atoms with Gasteiger partial charge in [-0.05, 0) is 51.8 Å². The SMILES string of the molecule is CC(C)n1cc(N)cc1C(=O)NC1CN2CCC1CC2. The zero-order valence-corrected chi connectivity index (χ0v) is 12.3. The molecule has 4 heterocycles. The zero-order chi connectivity index (χ0) is 14.3. The second-order valence-corrected chi connectivity index (χ2v) is 6.38. The molecule has 2 bridgehead atoms. The van der Waals surface area contributed by atoms with E-state index in [0.717, 1.165) is 6.54 Å². The number of nitrogen functional groups attached to an aromatic ring is 1. The number of hydrogen-bond donors (Lipinski definition) is 2. The van der Waals surface area contributed by atoms with Crippen LogP contribution < -0.4 is 11.1 Å². The summed E-state index contributed by atoms with van der Waals surface area (Å²) in [7, 11) is 0. The van der Waals surface area contributed by atoms with Crippen LogP contribution in [-0.2, 0) is 0 Å². The number of nitrogens with two attached hydrogens (primary N) is 1. The predicted octanol–water partition coefficient (Wildman–Crippen LogP) is 1.48. The molecule has 3 aliphatic heterocycles. The van der Waals surface area contributed by atoms with Gasteiger partial charge in [-0.3, -0.25) is 4.79 Å². The summed E-state index contributed by atoms with van der Waals surface area (Å²) in [4.78, 5) is 15.0. The lowest BCUT2D eigenvalue weighted by Gasteiger charge is -2.44. The fourth-order valence-corrected chi connectivity index (χ4v) is 3.48. The van der Waals surface area contributed by atoms with Gasteiger partial charge in [0.15, 0.2) is 0 Å². The number of hydrogen-bond acceptors (Lipinski definition) is 3. The van der Waals surface area contributed by atoms with Crippen molar-refractivity contribution in [3.8, 4) is 0 Å². The van der Waals surface area contributed by atoms with E-state index < -0.39 is 0 Å². The predicted molar refractivity (Wildman–Crippen MR) is 79.6 cm³/mol. The summed E-state index contributed by atoms with van der Waals surface area (Å²) in [6.45, 7) is 7.49. The van der Waals surface area contributed by atoms with Gasteiger partial charge in [0.25, 0.3) is 5.91 Å². The molecule has 0 aliphatic carbocycles. The molecule has 20 heavy (non-hydrogen) atoms. The number of carbonyl (C=O) groups is 1. The highest BCUT2D eigenvalue weighted by molar-refractivity contribution is 5.94. The number of rotatable bonds is 3. The van der Waals surface area contributed by atoms with Crippen molar-refractivity contribution >= 4 is 11.6 Å². The number of amides is 1. The average molecular weight is 276 g/mol. The highest BCUT2D eigenvalue weighted by Gasteiger charge is 2.35. The lowest BCUT2D eigenvalue weighted by molar-refractivity contribution is 0.0615. The van der Waals surface area contributed by atoms with Crippen molar-refractivity contribution < 1.29 is 4.79 Å². The van der Waals surface area contributed by atoms with Crippen molar-refractivity contribution in [1.82, 2.24) is 14.8 Å². The Labute approximate surface area is 120 Å². The first-order chi connectivity index (χ1) is 9.54. The molecule has 0 aromatic carbocycles. The molecule has 1 unspecified atom stereocenters. The van der Waals surface area contributed by atoms with E-state index in [1.54, 1.807) is 6.07 Å². The average Bonchev–Trinajstić information content (AvgIpc) is 2.82. The van der Waals surface area contributed by atoms with Gasteiger partial charge in [0.1, 0.15) is 5.69 Å². The summed E-state index contributed by atoms with van der Waals surface area (Å²) < 4.78 is 1.95. The fraction of sp³-hybridized carbons (Fsp3) is 0.667. The van der Waals surface area contributed by atoms with Crippen molar-refractivity contribution in [3.05, 3.63) is 18.0 Å². The van der Waals surface area contributed by atoms with Gasteiger partial charge < -0.3 is 20.5 Å². The molecular weight excluding hydrogens is 252 g/mol. The van der Waals surface area contributed by atoms with Crippen LogP contribution >= 0.6 is 0 Å². The van der Waals surface area contributed by atoms with Crippen LogP contribution in [0.25, 0.3) is 0 Å². The molecule has 1 amide bonds. The topological polar surface area (TPSA) is 63.3 Å². The Morgan fingerprint density at radius 2 is 2.10 bits per heavy atom. The minimum absolute atomic E-state index is 0.00847. The molecular formula is C15H24N4O. The molecule has 110 valence electrons. The van der Waals surface area contributed by atoms with Crippen LogP contribution in [-0.4, -0.2) is 41.1 Å². The van der Waals surface area contributed by atoms with Crippen LogP contribution in [0.4, 0.5) is 5.69 Å². The van der Waals surface area contributed by atoms with E-state index in [9.17, 15) is 4.79 Å². The van der Waals surface area contributed by atoms with Crippen molar-refractivity contribution in [1.29, 1.82) is 0 Å². The van der Waals surface area contributed by atoms with E-state index in [4.69, 9.17) is 5.73 Å². The molecule has 3 N–H and O–H groups in total. The largest absolute Gasteiger partial charge is 0.397 e. The molecule has 1 aromatic heterocycles. The van der Waals surface area contributed by atoms with Gasteiger partial charge in [0.2, 0.25) is 0 Å². The number of nitrogens with zero attached hydrogens (tertiary/aromatic N) is 2. The number of fused-ring (bicyclic) bond motifs is 3. The summed E-state index contributed by atoms with van der Waals surface area (Å²) in [5.41, 5.74) is 7.17. The molecule has 0 spiro atoms. The summed E-state index contributed by atoms with van der Waals surface area (Å²) >= 11 is 0. The van der Waals surface area contributed by atoms with Gasteiger partial charge in [0.05, 0.1) is 5.69 Å². The van der Waals surface area contributed by atoms with E-state index >= 15 is 0 Å². The Kier molecular flexibility index (Phi) is 3.46. The summed E-state index contributed by atoms with van der Waals surface area (Å²) in [5, 5.41) is 3.22. The zero-order valence-electron chi connectivity index (χ0n) is 12.3. The van der Waals surface area contributed by atoms with Crippen molar-refractivity contribution in [2.24, 2.45) is 5.92 Å². The molecule has 0 saturated carbocycles. The number of nitrogens with one attached hydrogen (secondary N) is 1. The summed E-state index contributed by atoms with van der Waals surface area (Å²) in [6, 6.07) is 2.30. The Morgan fingerprint density at radius 3 is 2.65 bits per heavy atom. The highest BCUT2D eigenvalue weighted by atomic mass is 16.2. The van der Waals surface area contributed by atoms with Gasteiger partial charge in [-0.15, -0.1) is 0 Å². The number of anilines is 1. The van der Waals surface area contributed by atoms with E-state index in [0.29, 0.717) is 23.3 Å². The quantitative estimate of drug-likeness (QED) is 0.879. The minimum atomic E-state index is 0.00847. The number of carbonyl (C=O) groups excluding carboxylic acids is 1. The maximum atomic E-state index is 12.5. The lowest BCUT2D eigenvalue weighted by Crippen LogP contribution is -2.57. The van der Waals surface area contributed by atoms with Crippen LogP contribution in [0.15, 0.2) is 12.3 Å². The molecule has 3 fully saturated rings. The standard InChI is InChI=1S/C15H24N4O/c1-10(2)19-8-12(16)7-14(19)15(20)17-13-9-18-5-3-11(13)4-6-18/h7-8,10-11,13H,3-6,9,16H2,1-2H3,(H,17,20). The van der Waals surface area contributed by atoms with Gasteiger partial charge in [-0.25, -0.2) is 0 Å². The Morgan fingerprint density at radius 1 is 1.40 bits per heavy atom. The van der Waals surface area contributed by atoms with Crippen LogP contribution in [0.1, 0.15) is 43.2 Å². The fourth-order valence-electron chi connectivity index (χ4n) is 3.48. The first-order valence-corrected chi connectivity index (χ1v) is 7.55. The number of aromatic nitrogens is 1. The van der Waals surface area contributed by atoms with Gasteiger partial charge in [-0.2, -0.15) is 0 Å². The molecule has 1 aromatic rings. The van der Waals surface area contributed by atoms with Crippen LogP contribution in [0.2, 0.25) is 0 Å². The highest BCUT2D eigenvalue weighted by Crippen LogP contribution is 2.28. The Balaban J connectivity index is 1.73. The van der Waals surface area contributed by atoms with E-state index in [-0.39, 0.29) is 11.9 Å². The Hall–Kier alpha value is -1.49. The smallest absolute Gasteiger partial charge is 0.268 e. The molecule has 3 aliphatic rings.